The molecule has 1 N–H and O–H groups in total. The molecule has 0 aliphatic heterocycles. The van der Waals surface area contributed by atoms with Crippen LogP contribution in [-0.4, -0.2) is 23.0 Å². The zero-order valence-corrected chi connectivity index (χ0v) is 14.0. The van der Waals surface area contributed by atoms with Gasteiger partial charge in [0, 0.05) is 30.4 Å². The first-order valence-corrected chi connectivity index (χ1v) is 8.36. The number of thiazole rings is 1. The van der Waals surface area contributed by atoms with E-state index in [2.05, 4.69) is 15.3 Å². The maximum absolute atomic E-state index is 12.4. The Hall–Kier alpha value is -2.57. The summed E-state index contributed by atoms with van der Waals surface area (Å²) in [6, 6.07) is 13.2. The fourth-order valence-electron chi connectivity index (χ4n) is 2.33. The monoisotopic (exact) mass is 339 g/mol. The highest BCUT2D eigenvalue weighted by Gasteiger charge is 2.19. The molecule has 0 bridgehead atoms. The van der Waals surface area contributed by atoms with Crippen molar-refractivity contribution in [1.82, 2.24) is 15.3 Å². The summed E-state index contributed by atoms with van der Waals surface area (Å²) in [5, 5.41) is 5.70. The maximum Gasteiger partial charge on any atom is 0.254 e. The van der Waals surface area contributed by atoms with E-state index in [1.165, 1.54) is 18.4 Å². The van der Waals surface area contributed by atoms with Crippen LogP contribution in [0.25, 0.3) is 11.3 Å². The van der Waals surface area contributed by atoms with Crippen LogP contribution in [0.4, 0.5) is 0 Å². The van der Waals surface area contributed by atoms with Gasteiger partial charge in [-0.25, -0.2) is 4.98 Å². The minimum Gasteiger partial charge on any atom is -0.367 e. The maximum atomic E-state index is 12.4. The molecule has 2 aromatic heterocycles. The molecule has 0 fully saturated rings. The summed E-state index contributed by atoms with van der Waals surface area (Å²) >= 11 is 1.51. The van der Waals surface area contributed by atoms with Crippen LogP contribution in [-0.2, 0) is 16.1 Å². The zero-order chi connectivity index (χ0) is 16.8. The second-order valence-corrected chi connectivity index (χ2v) is 6.05. The first-order valence-electron chi connectivity index (χ1n) is 7.48. The van der Waals surface area contributed by atoms with Crippen molar-refractivity contribution < 1.29 is 9.53 Å². The smallest absolute Gasteiger partial charge is 0.254 e. The number of ether oxygens (including phenoxy) is 1. The first-order chi connectivity index (χ1) is 11.8. The predicted molar refractivity (Wildman–Crippen MR) is 93.4 cm³/mol. The van der Waals surface area contributed by atoms with Crippen molar-refractivity contribution >= 4 is 17.2 Å². The number of methoxy groups -OCH3 is 1. The molecule has 3 aromatic rings. The van der Waals surface area contributed by atoms with Gasteiger partial charge < -0.3 is 10.1 Å². The van der Waals surface area contributed by atoms with Gasteiger partial charge in [-0.15, -0.1) is 11.3 Å². The van der Waals surface area contributed by atoms with E-state index in [0.717, 1.165) is 21.8 Å². The third-order valence-electron chi connectivity index (χ3n) is 3.52. The number of aromatic nitrogens is 2. The fraction of sp³-hybridized carbons (Fsp3) is 0.167. The van der Waals surface area contributed by atoms with Gasteiger partial charge in [0.2, 0.25) is 0 Å². The van der Waals surface area contributed by atoms with E-state index < -0.39 is 6.10 Å². The van der Waals surface area contributed by atoms with Crippen molar-refractivity contribution in [2.24, 2.45) is 0 Å². The number of nitrogens with one attached hydrogen (secondary N) is 1. The molecule has 5 nitrogen and oxygen atoms in total. The molecular formula is C18H17N3O2S. The number of amides is 1. The Labute approximate surface area is 144 Å². The SMILES string of the molecule is CO[C@H](C(=O)NCc1nc(-c2ccncc2)cs1)c1ccccc1. The highest BCUT2D eigenvalue weighted by molar-refractivity contribution is 7.09. The van der Waals surface area contributed by atoms with Crippen LogP contribution in [0.15, 0.2) is 60.2 Å². The summed E-state index contributed by atoms with van der Waals surface area (Å²) < 4.78 is 5.33. The Morgan fingerprint density at radius 2 is 1.96 bits per heavy atom. The lowest BCUT2D eigenvalue weighted by Gasteiger charge is -2.15. The largest absolute Gasteiger partial charge is 0.367 e. The number of benzene rings is 1. The van der Waals surface area contributed by atoms with Gasteiger partial charge in [-0.05, 0) is 17.7 Å². The average molecular weight is 339 g/mol. The van der Waals surface area contributed by atoms with Crippen LogP contribution >= 0.6 is 11.3 Å². The number of pyridine rings is 1. The minimum absolute atomic E-state index is 0.177. The second-order valence-electron chi connectivity index (χ2n) is 5.11. The summed E-state index contributed by atoms with van der Waals surface area (Å²) in [6.07, 6.45) is 2.85. The van der Waals surface area contributed by atoms with Crippen LogP contribution < -0.4 is 5.32 Å². The fourth-order valence-corrected chi connectivity index (χ4v) is 3.07. The van der Waals surface area contributed by atoms with Gasteiger partial charge in [-0.2, -0.15) is 0 Å². The lowest BCUT2D eigenvalue weighted by molar-refractivity contribution is -0.131. The van der Waals surface area contributed by atoms with Gasteiger partial charge in [0.05, 0.1) is 12.2 Å². The van der Waals surface area contributed by atoms with Crippen molar-refractivity contribution in [1.29, 1.82) is 0 Å². The van der Waals surface area contributed by atoms with Crippen molar-refractivity contribution in [3.8, 4) is 11.3 Å². The van der Waals surface area contributed by atoms with E-state index in [1.54, 1.807) is 12.4 Å². The molecule has 0 saturated carbocycles. The molecule has 0 aliphatic rings. The Morgan fingerprint density at radius 3 is 2.67 bits per heavy atom. The Kier molecular flexibility index (Phi) is 5.30. The standard InChI is InChI=1S/C18H17N3O2S/c1-23-17(14-5-3-2-4-6-14)18(22)20-11-16-21-15(12-24-16)13-7-9-19-10-8-13/h2-10,12,17H,11H2,1H3,(H,20,22)/t17-/m0/s1. The summed E-state index contributed by atoms with van der Waals surface area (Å²) in [5.74, 6) is -0.177. The summed E-state index contributed by atoms with van der Waals surface area (Å²) in [6.45, 7) is 0.376. The highest BCUT2D eigenvalue weighted by atomic mass is 32.1. The van der Waals surface area contributed by atoms with Gasteiger partial charge >= 0.3 is 0 Å². The topological polar surface area (TPSA) is 64.1 Å². The molecule has 0 saturated heterocycles. The lowest BCUT2D eigenvalue weighted by atomic mass is 10.1. The average Bonchev–Trinajstić information content (AvgIpc) is 3.11. The number of rotatable bonds is 6. The van der Waals surface area contributed by atoms with Gasteiger partial charge in [0.25, 0.3) is 5.91 Å². The molecule has 122 valence electrons. The van der Waals surface area contributed by atoms with E-state index >= 15 is 0 Å². The molecule has 1 amide bonds. The number of nitrogens with zero attached hydrogens (tertiary/aromatic N) is 2. The molecular weight excluding hydrogens is 322 g/mol. The Bertz CT molecular complexity index is 790. The normalized spacial score (nSPS) is 11.9. The quantitative estimate of drug-likeness (QED) is 0.749. The van der Waals surface area contributed by atoms with E-state index in [0.29, 0.717) is 6.54 Å². The molecule has 1 aromatic carbocycles. The molecule has 0 aliphatic carbocycles. The third kappa shape index (κ3) is 3.84. The minimum atomic E-state index is -0.620. The van der Waals surface area contributed by atoms with Crippen molar-refractivity contribution in [2.45, 2.75) is 12.6 Å². The number of hydrogen-bond acceptors (Lipinski definition) is 5. The summed E-state index contributed by atoms with van der Waals surface area (Å²) in [5.41, 5.74) is 2.73. The second kappa shape index (κ2) is 7.81. The summed E-state index contributed by atoms with van der Waals surface area (Å²) in [4.78, 5) is 20.9. The van der Waals surface area contributed by atoms with Gasteiger partial charge in [0.1, 0.15) is 5.01 Å². The van der Waals surface area contributed by atoms with Crippen molar-refractivity contribution in [2.75, 3.05) is 7.11 Å². The van der Waals surface area contributed by atoms with E-state index in [1.807, 2.05) is 47.8 Å². The molecule has 0 radical (unpaired) electrons. The summed E-state index contributed by atoms with van der Waals surface area (Å²) in [7, 11) is 1.53. The zero-order valence-electron chi connectivity index (χ0n) is 13.2. The first kappa shape index (κ1) is 16.3. The molecule has 6 heteroatoms. The third-order valence-corrected chi connectivity index (χ3v) is 4.37. The lowest BCUT2D eigenvalue weighted by Crippen LogP contribution is -2.29. The van der Waals surface area contributed by atoms with Crippen LogP contribution in [0.5, 0.6) is 0 Å². The van der Waals surface area contributed by atoms with Crippen LogP contribution in [0.2, 0.25) is 0 Å². The van der Waals surface area contributed by atoms with Gasteiger partial charge in [-0.3, -0.25) is 9.78 Å². The molecule has 0 spiro atoms. The van der Waals surface area contributed by atoms with Crippen LogP contribution in [0, 0.1) is 0 Å². The van der Waals surface area contributed by atoms with E-state index in [-0.39, 0.29) is 5.91 Å². The van der Waals surface area contributed by atoms with Crippen LogP contribution in [0.3, 0.4) is 0 Å². The highest BCUT2D eigenvalue weighted by Crippen LogP contribution is 2.21. The molecule has 0 unspecified atom stereocenters. The van der Waals surface area contributed by atoms with Gasteiger partial charge in [-0.1, -0.05) is 30.3 Å². The number of carbonyl (C=O) groups excluding carboxylic acids is 1. The molecule has 3 rings (SSSR count). The van der Waals surface area contributed by atoms with Gasteiger partial charge in [0.15, 0.2) is 6.10 Å². The number of hydrogen-bond donors (Lipinski definition) is 1. The molecule has 1 atom stereocenters. The number of carbonyl (C=O) groups is 1. The molecule has 2 heterocycles. The van der Waals surface area contributed by atoms with E-state index in [9.17, 15) is 4.79 Å². The van der Waals surface area contributed by atoms with Crippen molar-refractivity contribution in [3.63, 3.8) is 0 Å². The Morgan fingerprint density at radius 1 is 1.21 bits per heavy atom. The van der Waals surface area contributed by atoms with Crippen LogP contribution in [0.1, 0.15) is 16.7 Å². The predicted octanol–water partition coefficient (Wildman–Crippen LogP) is 3.21. The van der Waals surface area contributed by atoms with E-state index in [4.69, 9.17) is 4.74 Å². The Balaban J connectivity index is 1.63. The molecule has 24 heavy (non-hydrogen) atoms. The van der Waals surface area contributed by atoms with Crippen molar-refractivity contribution in [3.05, 3.63) is 70.8 Å².